The van der Waals surface area contributed by atoms with E-state index in [9.17, 15) is 24.3 Å². The van der Waals surface area contributed by atoms with Crippen molar-refractivity contribution in [1.82, 2.24) is 26.0 Å². The van der Waals surface area contributed by atoms with E-state index in [-0.39, 0.29) is 13.0 Å². The topological polar surface area (TPSA) is 162 Å². The van der Waals surface area contributed by atoms with Crippen molar-refractivity contribution in [2.24, 2.45) is 0 Å². The summed E-state index contributed by atoms with van der Waals surface area (Å²) in [5.74, 6) is -2.63. The molecule has 0 aliphatic heterocycles. The number of urea groups is 1. The van der Waals surface area contributed by atoms with Crippen LogP contribution in [0.15, 0.2) is 60.8 Å². The number of carboxylic acids is 1. The molecule has 0 spiro atoms. The van der Waals surface area contributed by atoms with Gasteiger partial charge in [0.05, 0.1) is 12.6 Å². The van der Waals surface area contributed by atoms with Crippen molar-refractivity contribution in [2.75, 3.05) is 7.05 Å². The second kappa shape index (κ2) is 14.7. The van der Waals surface area contributed by atoms with Gasteiger partial charge in [-0.2, -0.15) is 5.06 Å². The fraction of sp³-hybridized carbons (Fsp3) is 0.419. The minimum Gasteiger partial charge on any atom is -0.480 e. The number of likely N-dealkylation sites (N-methyl/N-ethyl adjacent to an activating group) is 1. The number of fused-ring (bicyclic) bond motifs is 1. The Balaban J connectivity index is 1.62. The number of carboxylic acid groups (broad SMARTS) is 1. The maximum Gasteiger partial charge on any atom is 0.329 e. The van der Waals surface area contributed by atoms with E-state index < -0.39 is 53.6 Å². The number of aliphatic carboxylic acids is 1. The molecule has 12 heteroatoms. The summed E-state index contributed by atoms with van der Waals surface area (Å²) in [6.45, 7) is 8.41. The van der Waals surface area contributed by atoms with Crippen molar-refractivity contribution in [1.29, 1.82) is 0 Å². The standard InChI is InChI=1S/C31H41N5O7/c1-19(27(37)35-26(28(38)39)20(2)36(6)42-18-21-12-8-7-9-13-21)33-30(41)34-25(29(40)43-31(3,4)5)16-22-17-32-24-15-11-10-14-23(22)24/h7-15,17,19-20,25-26,32H,16,18H2,1-6H3,(H,35,37)(H,38,39)(H2,33,34,41)/t19-,20-,25-,26-/m0/s1. The Bertz CT molecular complexity index is 1400. The maximum atomic E-state index is 13.0. The Kier molecular flexibility index (Phi) is 11.3. The number of nitrogens with zero attached hydrogens (tertiary/aromatic N) is 1. The summed E-state index contributed by atoms with van der Waals surface area (Å²) in [5.41, 5.74) is 1.79. The second-order valence-corrected chi connectivity index (χ2v) is 11.4. The summed E-state index contributed by atoms with van der Waals surface area (Å²) >= 11 is 0. The Morgan fingerprint density at radius 3 is 2.26 bits per heavy atom. The fourth-order valence-corrected chi connectivity index (χ4v) is 4.29. The van der Waals surface area contributed by atoms with E-state index in [4.69, 9.17) is 9.57 Å². The van der Waals surface area contributed by atoms with Gasteiger partial charge in [0.15, 0.2) is 0 Å². The number of esters is 1. The van der Waals surface area contributed by atoms with Crippen LogP contribution < -0.4 is 16.0 Å². The number of carbonyl (C=O) groups excluding carboxylic acids is 3. The molecule has 3 amide bonds. The van der Waals surface area contributed by atoms with Gasteiger partial charge in [0.25, 0.3) is 0 Å². The van der Waals surface area contributed by atoms with Gasteiger partial charge < -0.3 is 30.8 Å². The molecule has 4 atom stereocenters. The third kappa shape index (κ3) is 9.83. The van der Waals surface area contributed by atoms with Gasteiger partial charge in [-0.1, -0.05) is 48.5 Å². The highest BCUT2D eigenvalue weighted by molar-refractivity contribution is 5.91. The number of amides is 3. The van der Waals surface area contributed by atoms with Crippen molar-refractivity contribution in [3.05, 3.63) is 71.9 Å². The molecule has 0 radical (unpaired) electrons. The van der Waals surface area contributed by atoms with Gasteiger partial charge in [0, 0.05) is 30.6 Å². The number of hydrogen-bond donors (Lipinski definition) is 5. The Morgan fingerprint density at radius 2 is 1.60 bits per heavy atom. The summed E-state index contributed by atoms with van der Waals surface area (Å²) in [7, 11) is 1.58. The zero-order chi connectivity index (χ0) is 31.7. The molecule has 1 aromatic heterocycles. The van der Waals surface area contributed by atoms with Crippen molar-refractivity contribution >= 4 is 34.8 Å². The van der Waals surface area contributed by atoms with E-state index >= 15 is 0 Å². The number of H-pyrrole nitrogens is 1. The van der Waals surface area contributed by atoms with Gasteiger partial charge in [0.2, 0.25) is 5.91 Å². The van der Waals surface area contributed by atoms with Crippen molar-refractivity contribution < 1.29 is 33.9 Å². The molecule has 0 fully saturated rings. The quantitative estimate of drug-likeness (QED) is 0.149. The second-order valence-electron chi connectivity index (χ2n) is 11.4. The molecular weight excluding hydrogens is 554 g/mol. The zero-order valence-corrected chi connectivity index (χ0v) is 25.3. The predicted molar refractivity (Wildman–Crippen MR) is 161 cm³/mol. The van der Waals surface area contributed by atoms with E-state index in [1.54, 1.807) is 40.9 Å². The first-order chi connectivity index (χ1) is 20.2. The smallest absolute Gasteiger partial charge is 0.329 e. The zero-order valence-electron chi connectivity index (χ0n) is 25.3. The van der Waals surface area contributed by atoms with Crippen LogP contribution in [0.4, 0.5) is 4.79 Å². The van der Waals surface area contributed by atoms with Crippen molar-refractivity contribution in [3.63, 3.8) is 0 Å². The Labute approximate surface area is 251 Å². The number of hydrogen-bond acceptors (Lipinski definition) is 7. The van der Waals surface area contributed by atoms with Crippen LogP contribution in [0.1, 0.15) is 45.7 Å². The summed E-state index contributed by atoms with van der Waals surface area (Å²) < 4.78 is 5.54. The molecule has 0 bridgehead atoms. The lowest BCUT2D eigenvalue weighted by atomic mass is 10.0. The van der Waals surface area contributed by atoms with Gasteiger partial charge in [-0.3, -0.25) is 9.63 Å². The van der Waals surface area contributed by atoms with Gasteiger partial charge >= 0.3 is 18.0 Å². The summed E-state index contributed by atoms with van der Waals surface area (Å²) in [6, 6.07) is 11.9. The number of aromatic amines is 1. The first-order valence-electron chi connectivity index (χ1n) is 14.0. The summed E-state index contributed by atoms with van der Waals surface area (Å²) in [6.07, 6.45) is 1.91. The number of carbonyl (C=O) groups is 4. The largest absolute Gasteiger partial charge is 0.480 e. The molecule has 0 aliphatic carbocycles. The van der Waals surface area contributed by atoms with Crippen molar-refractivity contribution in [2.45, 2.75) is 77.4 Å². The number of aromatic nitrogens is 1. The highest BCUT2D eigenvalue weighted by atomic mass is 16.7. The van der Waals surface area contributed by atoms with Crippen LogP contribution in [0.25, 0.3) is 10.9 Å². The average Bonchev–Trinajstić information content (AvgIpc) is 3.35. The van der Waals surface area contributed by atoms with Crippen LogP contribution in [0.3, 0.4) is 0 Å². The number of rotatable bonds is 13. The number of nitrogens with one attached hydrogen (secondary N) is 4. The molecular formula is C31H41N5O7. The van der Waals surface area contributed by atoms with E-state index in [2.05, 4.69) is 20.9 Å². The molecule has 1 heterocycles. The molecule has 5 N–H and O–H groups in total. The lowest BCUT2D eigenvalue weighted by Crippen LogP contribution is -2.58. The van der Waals surface area contributed by atoms with E-state index in [0.717, 1.165) is 22.0 Å². The minimum absolute atomic E-state index is 0.140. The van der Waals surface area contributed by atoms with E-state index in [1.807, 2.05) is 54.6 Å². The molecule has 43 heavy (non-hydrogen) atoms. The molecule has 12 nitrogen and oxygen atoms in total. The Morgan fingerprint density at radius 1 is 0.953 bits per heavy atom. The monoisotopic (exact) mass is 595 g/mol. The number of hydroxylamine groups is 2. The number of benzene rings is 2. The van der Waals surface area contributed by atoms with Gasteiger partial charge in [-0.25, -0.2) is 14.4 Å². The molecule has 3 aromatic rings. The molecule has 0 saturated carbocycles. The first kappa shape index (κ1) is 33.1. The third-order valence-electron chi connectivity index (χ3n) is 6.73. The van der Waals surface area contributed by atoms with E-state index in [1.165, 1.54) is 12.0 Å². The lowest BCUT2D eigenvalue weighted by Gasteiger charge is -2.30. The highest BCUT2D eigenvalue weighted by Gasteiger charge is 2.33. The molecule has 2 aromatic carbocycles. The molecule has 3 rings (SSSR count). The molecule has 0 aliphatic rings. The van der Waals surface area contributed by atoms with Crippen LogP contribution in [-0.2, 0) is 37.0 Å². The normalized spacial score (nSPS) is 14.4. The van der Waals surface area contributed by atoms with Crippen LogP contribution in [0.5, 0.6) is 0 Å². The molecule has 232 valence electrons. The molecule has 0 saturated heterocycles. The van der Waals surface area contributed by atoms with Crippen LogP contribution >= 0.6 is 0 Å². The van der Waals surface area contributed by atoms with Crippen LogP contribution in [0, 0.1) is 0 Å². The van der Waals surface area contributed by atoms with Crippen LogP contribution in [-0.4, -0.2) is 75.8 Å². The average molecular weight is 596 g/mol. The molecule has 0 unspecified atom stereocenters. The Hall–Kier alpha value is -4.42. The third-order valence-corrected chi connectivity index (χ3v) is 6.73. The van der Waals surface area contributed by atoms with Gasteiger partial charge in [-0.15, -0.1) is 0 Å². The maximum absolute atomic E-state index is 13.0. The number of para-hydroxylation sites is 1. The summed E-state index contributed by atoms with van der Waals surface area (Å²) in [5, 5.41) is 19.6. The van der Waals surface area contributed by atoms with Gasteiger partial charge in [0.1, 0.15) is 23.7 Å². The van der Waals surface area contributed by atoms with Crippen molar-refractivity contribution in [3.8, 4) is 0 Å². The minimum atomic E-state index is -1.34. The van der Waals surface area contributed by atoms with E-state index in [0.29, 0.717) is 0 Å². The predicted octanol–water partition coefficient (Wildman–Crippen LogP) is 3.13. The SMILES string of the molecule is C[C@H](NC(=O)N[C@@H](Cc1c[nH]c2ccccc12)C(=O)OC(C)(C)C)C(=O)N[C@H](C(=O)O)[C@H](C)N(C)OCc1ccccc1. The number of ether oxygens (including phenoxy) is 1. The van der Waals surface area contributed by atoms with Gasteiger partial charge in [-0.05, 0) is 51.8 Å². The lowest BCUT2D eigenvalue weighted by molar-refractivity contribution is -0.186. The van der Waals surface area contributed by atoms with Crippen LogP contribution in [0.2, 0.25) is 0 Å². The summed E-state index contributed by atoms with van der Waals surface area (Å²) in [4.78, 5) is 59.8. The fourth-order valence-electron chi connectivity index (χ4n) is 4.29. The highest BCUT2D eigenvalue weighted by Crippen LogP contribution is 2.20. The first-order valence-corrected chi connectivity index (χ1v) is 14.0.